The minimum absolute atomic E-state index is 0.0157. The van der Waals surface area contributed by atoms with E-state index in [1.54, 1.807) is 6.21 Å². The molecule has 1 aromatic heterocycles. The molecule has 0 spiro atoms. The summed E-state index contributed by atoms with van der Waals surface area (Å²) in [5, 5.41) is 5.78. The molecule has 0 bridgehead atoms. The number of carbonyl (C=O) groups is 2. The standard InChI is InChI=1S/C21H25FN6O2/c1-11(2)8-17(19(24)30)27-21-15(22)10-14(18(23)29)20(28-21)26-13-5-6-16-12(9-13)4-3-7-25-16/h3-7,9-12,16-17H,8H2,1-2H3,(H2,23,29)(H2,24,30)(H2,26,27,28)/t12?,16?,17-/m1/s1. The summed E-state index contributed by atoms with van der Waals surface area (Å²) >= 11 is 0. The Hall–Kier alpha value is -3.49. The first kappa shape index (κ1) is 21.2. The lowest BCUT2D eigenvalue weighted by Gasteiger charge is -2.23. The van der Waals surface area contributed by atoms with Gasteiger partial charge in [0, 0.05) is 17.8 Å². The fourth-order valence-electron chi connectivity index (χ4n) is 3.31. The molecule has 3 rings (SSSR count). The number of rotatable bonds is 8. The van der Waals surface area contributed by atoms with E-state index in [1.165, 1.54) is 0 Å². The molecule has 0 saturated heterocycles. The largest absolute Gasteiger partial charge is 0.368 e. The van der Waals surface area contributed by atoms with E-state index in [-0.39, 0.29) is 35.1 Å². The molecule has 1 aliphatic carbocycles. The number of nitrogens with zero attached hydrogens (tertiary/aromatic N) is 2. The number of nitrogens with two attached hydrogens (primary N) is 2. The second-order valence-electron chi connectivity index (χ2n) is 7.67. The normalized spacial score (nSPS) is 20.5. The van der Waals surface area contributed by atoms with Gasteiger partial charge in [0.2, 0.25) is 5.91 Å². The van der Waals surface area contributed by atoms with Crippen molar-refractivity contribution < 1.29 is 14.0 Å². The van der Waals surface area contributed by atoms with Crippen LogP contribution in [0.4, 0.5) is 16.0 Å². The molecule has 6 N–H and O–H groups in total. The lowest BCUT2D eigenvalue weighted by Crippen LogP contribution is -2.37. The maximum Gasteiger partial charge on any atom is 0.252 e. The van der Waals surface area contributed by atoms with Crippen LogP contribution in [0.5, 0.6) is 0 Å². The molecule has 0 fully saturated rings. The Kier molecular flexibility index (Phi) is 6.29. The number of nitrogens with one attached hydrogen (secondary N) is 2. The molecule has 0 saturated carbocycles. The second kappa shape index (κ2) is 8.89. The van der Waals surface area contributed by atoms with Crippen molar-refractivity contribution >= 4 is 29.7 Å². The van der Waals surface area contributed by atoms with Crippen LogP contribution in [0.15, 0.2) is 47.1 Å². The zero-order valence-corrected chi connectivity index (χ0v) is 16.8. The van der Waals surface area contributed by atoms with Gasteiger partial charge in [0.1, 0.15) is 11.9 Å². The minimum Gasteiger partial charge on any atom is -0.368 e. The molecule has 2 heterocycles. The Bertz CT molecular complexity index is 966. The Labute approximate surface area is 174 Å². The topological polar surface area (TPSA) is 135 Å². The molecule has 158 valence electrons. The van der Waals surface area contributed by atoms with Crippen LogP contribution in [-0.2, 0) is 4.79 Å². The van der Waals surface area contributed by atoms with Crippen molar-refractivity contribution in [3.8, 4) is 0 Å². The average molecular weight is 412 g/mol. The number of amides is 2. The SMILES string of the molecule is CC(C)C[C@@H](Nc1nc(NC2=CC3C=CC=NC3C=C2)c(C(N)=O)cc1F)C(N)=O. The highest BCUT2D eigenvalue weighted by atomic mass is 19.1. The molecule has 3 atom stereocenters. The summed E-state index contributed by atoms with van der Waals surface area (Å²) < 4.78 is 14.6. The van der Waals surface area contributed by atoms with Gasteiger partial charge < -0.3 is 22.1 Å². The fourth-order valence-corrected chi connectivity index (χ4v) is 3.31. The van der Waals surface area contributed by atoms with Crippen LogP contribution in [0.25, 0.3) is 0 Å². The van der Waals surface area contributed by atoms with Gasteiger partial charge in [0.15, 0.2) is 11.6 Å². The van der Waals surface area contributed by atoms with Gasteiger partial charge in [-0.05, 0) is 30.6 Å². The highest BCUT2D eigenvalue weighted by Crippen LogP contribution is 2.27. The van der Waals surface area contributed by atoms with E-state index in [4.69, 9.17) is 11.5 Å². The van der Waals surface area contributed by atoms with Gasteiger partial charge in [-0.1, -0.05) is 32.1 Å². The third kappa shape index (κ3) is 4.91. The van der Waals surface area contributed by atoms with E-state index in [0.717, 1.165) is 6.07 Å². The van der Waals surface area contributed by atoms with E-state index >= 15 is 0 Å². The molecule has 0 radical (unpaired) electrons. The predicted molar refractivity (Wildman–Crippen MR) is 115 cm³/mol. The van der Waals surface area contributed by atoms with Gasteiger partial charge in [-0.3, -0.25) is 14.6 Å². The Morgan fingerprint density at radius 2 is 2.00 bits per heavy atom. The first-order valence-electron chi connectivity index (χ1n) is 9.67. The van der Waals surface area contributed by atoms with Crippen LogP contribution < -0.4 is 22.1 Å². The average Bonchev–Trinajstić information content (AvgIpc) is 2.69. The van der Waals surface area contributed by atoms with E-state index in [0.29, 0.717) is 12.1 Å². The smallest absolute Gasteiger partial charge is 0.252 e. The van der Waals surface area contributed by atoms with Gasteiger partial charge in [0.25, 0.3) is 5.91 Å². The quantitative estimate of drug-likeness (QED) is 0.519. The number of dihydropyridines is 1. The highest BCUT2D eigenvalue weighted by molar-refractivity contribution is 5.98. The number of allylic oxidation sites excluding steroid dienone is 2. The van der Waals surface area contributed by atoms with Crippen molar-refractivity contribution in [1.29, 1.82) is 0 Å². The van der Waals surface area contributed by atoms with E-state index in [1.807, 2.05) is 44.2 Å². The van der Waals surface area contributed by atoms with Crippen molar-refractivity contribution in [2.75, 3.05) is 10.6 Å². The molecule has 30 heavy (non-hydrogen) atoms. The van der Waals surface area contributed by atoms with Crippen LogP contribution in [0, 0.1) is 17.7 Å². The molecule has 2 unspecified atom stereocenters. The zero-order valence-electron chi connectivity index (χ0n) is 16.8. The van der Waals surface area contributed by atoms with Crippen molar-refractivity contribution in [2.24, 2.45) is 28.3 Å². The lowest BCUT2D eigenvalue weighted by atomic mass is 9.92. The molecule has 9 heteroatoms. The van der Waals surface area contributed by atoms with Crippen molar-refractivity contribution in [3.05, 3.63) is 53.5 Å². The molecule has 1 aromatic rings. The monoisotopic (exact) mass is 412 g/mol. The number of carbonyl (C=O) groups excluding carboxylic acids is 2. The molecule has 0 aromatic carbocycles. The summed E-state index contributed by atoms with van der Waals surface area (Å²) in [4.78, 5) is 32.2. The van der Waals surface area contributed by atoms with E-state index < -0.39 is 23.7 Å². The maximum atomic E-state index is 14.6. The number of hydrogen-bond donors (Lipinski definition) is 4. The minimum atomic E-state index is -0.829. The van der Waals surface area contributed by atoms with Gasteiger partial charge in [-0.2, -0.15) is 0 Å². The Morgan fingerprint density at radius 3 is 2.67 bits per heavy atom. The van der Waals surface area contributed by atoms with Crippen LogP contribution >= 0.6 is 0 Å². The third-order valence-electron chi connectivity index (χ3n) is 4.78. The second-order valence-corrected chi connectivity index (χ2v) is 7.67. The number of primary amides is 2. The summed E-state index contributed by atoms with van der Waals surface area (Å²) in [5.74, 6) is -2.15. The molecular weight excluding hydrogens is 387 g/mol. The van der Waals surface area contributed by atoms with Gasteiger partial charge in [-0.25, -0.2) is 9.37 Å². The van der Waals surface area contributed by atoms with Gasteiger partial charge in [-0.15, -0.1) is 0 Å². The number of anilines is 2. The molecule has 8 nitrogen and oxygen atoms in total. The van der Waals surface area contributed by atoms with Crippen molar-refractivity contribution in [1.82, 2.24) is 4.98 Å². The number of halogens is 1. The zero-order chi connectivity index (χ0) is 21.8. The molecular formula is C21H25FN6O2. The highest BCUT2D eigenvalue weighted by Gasteiger charge is 2.23. The van der Waals surface area contributed by atoms with Crippen LogP contribution in [-0.4, -0.2) is 35.1 Å². The number of pyridine rings is 1. The summed E-state index contributed by atoms with van der Waals surface area (Å²) in [6, 6.07) is 0.203. The van der Waals surface area contributed by atoms with Gasteiger partial charge >= 0.3 is 0 Å². The summed E-state index contributed by atoms with van der Waals surface area (Å²) in [7, 11) is 0. The maximum absolute atomic E-state index is 14.6. The lowest BCUT2D eigenvalue weighted by molar-refractivity contribution is -0.119. The Morgan fingerprint density at radius 1 is 1.23 bits per heavy atom. The molecule has 1 aliphatic heterocycles. The molecule has 2 aliphatic rings. The Balaban J connectivity index is 1.90. The number of hydrogen-bond acceptors (Lipinski definition) is 6. The van der Waals surface area contributed by atoms with Crippen LogP contribution in [0.3, 0.4) is 0 Å². The van der Waals surface area contributed by atoms with Crippen molar-refractivity contribution in [2.45, 2.75) is 32.4 Å². The first-order valence-corrected chi connectivity index (χ1v) is 9.67. The van der Waals surface area contributed by atoms with Crippen molar-refractivity contribution in [3.63, 3.8) is 0 Å². The summed E-state index contributed by atoms with van der Waals surface area (Å²) in [6.07, 6.45) is 11.7. The number of aromatic nitrogens is 1. The fraction of sp³-hybridized carbons (Fsp3) is 0.333. The van der Waals surface area contributed by atoms with Crippen LogP contribution in [0.1, 0.15) is 30.6 Å². The third-order valence-corrected chi connectivity index (χ3v) is 4.78. The van der Waals surface area contributed by atoms with Gasteiger partial charge in [0.05, 0.1) is 11.6 Å². The predicted octanol–water partition coefficient (Wildman–Crippen LogP) is 2.12. The summed E-state index contributed by atoms with van der Waals surface area (Å²) in [5.41, 5.74) is 11.4. The summed E-state index contributed by atoms with van der Waals surface area (Å²) in [6.45, 7) is 3.84. The first-order chi connectivity index (χ1) is 14.2. The van der Waals surface area contributed by atoms with E-state index in [2.05, 4.69) is 20.6 Å². The van der Waals surface area contributed by atoms with E-state index in [9.17, 15) is 14.0 Å². The van der Waals surface area contributed by atoms with Crippen LogP contribution in [0.2, 0.25) is 0 Å². The number of fused-ring (bicyclic) bond motifs is 1. The molecule has 2 amide bonds. The number of aliphatic imine (C=N–C) groups is 1.